The van der Waals surface area contributed by atoms with Gasteiger partial charge < -0.3 is 59.4 Å². The summed E-state index contributed by atoms with van der Waals surface area (Å²) < 4.78 is 27.1. The van der Waals surface area contributed by atoms with Gasteiger partial charge >= 0.3 is 0 Å². The molecular formula is C26H36O12. The van der Waals surface area contributed by atoms with Crippen LogP contribution in [0.15, 0.2) is 30.3 Å². The number of aromatic hydroxyl groups is 2. The molecule has 0 radical (unpaired) electrons. The Morgan fingerprint density at radius 3 is 2.29 bits per heavy atom. The second-order valence-electron chi connectivity index (χ2n) is 9.02. The van der Waals surface area contributed by atoms with Crippen LogP contribution >= 0.6 is 0 Å². The van der Waals surface area contributed by atoms with Crippen molar-refractivity contribution in [3.05, 3.63) is 41.5 Å². The maximum atomic E-state index is 10.8. The number of aliphatic hydroxyl groups is 5. The Bertz CT molecular complexity index is 1050. The van der Waals surface area contributed by atoms with Crippen molar-refractivity contribution in [1.82, 2.24) is 0 Å². The van der Waals surface area contributed by atoms with Crippen molar-refractivity contribution in [3.63, 3.8) is 0 Å². The summed E-state index contributed by atoms with van der Waals surface area (Å²) >= 11 is 0. The van der Waals surface area contributed by atoms with Gasteiger partial charge in [0.1, 0.15) is 24.4 Å². The molecule has 2 aromatic rings. The second kappa shape index (κ2) is 13.3. The number of hydrogen-bond donors (Lipinski definition) is 7. The number of ether oxygens (including phenoxy) is 5. The van der Waals surface area contributed by atoms with E-state index in [9.17, 15) is 35.7 Å². The Kier molecular flexibility index (Phi) is 10.4. The molecule has 12 nitrogen and oxygen atoms in total. The first-order chi connectivity index (χ1) is 18.1. The highest BCUT2D eigenvalue weighted by molar-refractivity contribution is 5.53. The van der Waals surface area contributed by atoms with E-state index in [0.717, 1.165) is 0 Å². The van der Waals surface area contributed by atoms with Crippen molar-refractivity contribution in [3.8, 4) is 28.7 Å². The molecule has 2 aromatic carbocycles. The highest BCUT2D eigenvalue weighted by atomic mass is 16.7. The van der Waals surface area contributed by atoms with Crippen LogP contribution in [0.2, 0.25) is 0 Å². The molecule has 7 N–H and O–H groups in total. The van der Waals surface area contributed by atoms with E-state index in [-0.39, 0.29) is 35.4 Å². The topological polar surface area (TPSA) is 188 Å². The monoisotopic (exact) mass is 540 g/mol. The van der Waals surface area contributed by atoms with Gasteiger partial charge in [-0.3, -0.25) is 0 Å². The highest BCUT2D eigenvalue weighted by Gasteiger charge is 2.42. The minimum Gasteiger partial charge on any atom is -0.504 e. The minimum atomic E-state index is -1.39. The van der Waals surface area contributed by atoms with Crippen molar-refractivity contribution >= 4 is 0 Å². The van der Waals surface area contributed by atoms with Gasteiger partial charge in [-0.2, -0.15) is 0 Å². The van der Waals surface area contributed by atoms with Gasteiger partial charge in [-0.1, -0.05) is 6.07 Å². The molecule has 0 aliphatic carbocycles. The molecule has 3 rings (SSSR count). The van der Waals surface area contributed by atoms with E-state index < -0.39 is 49.5 Å². The van der Waals surface area contributed by atoms with Gasteiger partial charge in [0.2, 0.25) is 5.75 Å². The van der Waals surface area contributed by atoms with Gasteiger partial charge in [0, 0.05) is 0 Å². The van der Waals surface area contributed by atoms with E-state index in [0.29, 0.717) is 24.0 Å². The van der Waals surface area contributed by atoms with Crippen LogP contribution in [0.5, 0.6) is 28.7 Å². The molecule has 0 unspecified atom stereocenters. The number of phenols is 2. The molecule has 0 spiro atoms. The van der Waals surface area contributed by atoms with Crippen molar-refractivity contribution in [1.29, 1.82) is 0 Å². The predicted octanol–water partition coefficient (Wildman–Crippen LogP) is 0.365. The van der Waals surface area contributed by atoms with E-state index in [1.807, 2.05) is 0 Å². The fourth-order valence-corrected chi connectivity index (χ4v) is 4.13. The lowest BCUT2D eigenvalue weighted by Gasteiger charge is -2.38. The maximum Gasteiger partial charge on any atom is 0.203 e. The zero-order chi connectivity index (χ0) is 28.0. The zero-order valence-electron chi connectivity index (χ0n) is 21.4. The fourth-order valence-electron chi connectivity index (χ4n) is 4.13. The predicted molar refractivity (Wildman–Crippen MR) is 132 cm³/mol. The van der Waals surface area contributed by atoms with Gasteiger partial charge in [0.25, 0.3) is 0 Å². The van der Waals surface area contributed by atoms with E-state index >= 15 is 0 Å². The maximum absolute atomic E-state index is 10.8. The van der Waals surface area contributed by atoms with Gasteiger partial charge in [-0.05, 0) is 55.2 Å². The molecule has 0 saturated carbocycles. The number of rotatable bonds is 12. The first kappa shape index (κ1) is 29.7. The average molecular weight is 541 g/mol. The van der Waals surface area contributed by atoms with E-state index in [4.69, 9.17) is 23.7 Å². The molecule has 12 heteroatoms. The standard InChI is InChI=1S/C26H36O12/c1-13-21(30)23(32)24(33)26(37-13)36-8-4-5-14-9-17(29)25(19(10-14)35-3)38-20(12-27)22(31)15-6-7-16(28)18(11-15)34-2/h6-7,9-11,13,20-24,26-33H,4-5,8,12H2,1-3H3/t13-,20-,21+,22+,23+,24+,26+/m0/s1. The van der Waals surface area contributed by atoms with E-state index in [1.54, 1.807) is 13.0 Å². The molecule has 7 atom stereocenters. The molecular weight excluding hydrogens is 504 g/mol. The Morgan fingerprint density at radius 1 is 0.921 bits per heavy atom. The summed E-state index contributed by atoms with van der Waals surface area (Å²) in [7, 11) is 2.75. The first-order valence-electron chi connectivity index (χ1n) is 12.1. The van der Waals surface area contributed by atoms with Gasteiger partial charge in [0.15, 0.2) is 35.4 Å². The minimum absolute atomic E-state index is 0.0726. The van der Waals surface area contributed by atoms with Gasteiger partial charge in [-0.15, -0.1) is 0 Å². The number of aliphatic hydroxyl groups excluding tert-OH is 5. The lowest BCUT2D eigenvalue weighted by Crippen LogP contribution is -2.57. The number of benzene rings is 2. The summed E-state index contributed by atoms with van der Waals surface area (Å²) in [5.74, 6) is -0.145. The quantitative estimate of drug-likeness (QED) is 0.184. The summed E-state index contributed by atoms with van der Waals surface area (Å²) in [6, 6.07) is 7.30. The van der Waals surface area contributed by atoms with Gasteiger partial charge in [0.05, 0.1) is 33.5 Å². The first-order valence-corrected chi connectivity index (χ1v) is 12.1. The van der Waals surface area contributed by atoms with Crippen molar-refractivity contribution in [2.75, 3.05) is 27.4 Å². The lowest BCUT2D eigenvalue weighted by atomic mass is 10.00. The summed E-state index contributed by atoms with van der Waals surface area (Å²) in [5, 5.41) is 70.7. The van der Waals surface area contributed by atoms with Crippen LogP contribution in [0.4, 0.5) is 0 Å². The van der Waals surface area contributed by atoms with Gasteiger partial charge in [-0.25, -0.2) is 0 Å². The molecule has 1 aliphatic rings. The Hall–Kier alpha value is -2.84. The molecule has 0 bridgehead atoms. The molecule has 1 fully saturated rings. The second-order valence-corrected chi connectivity index (χ2v) is 9.02. The Morgan fingerprint density at radius 2 is 1.63 bits per heavy atom. The SMILES string of the molecule is COc1cc([C@@H](O)[C@H](CO)Oc2c(O)cc(CCCO[C@@H]3O[C@@H](C)[C@@H](O)[C@@H](O)[C@H]3O)cc2OC)ccc1O. The van der Waals surface area contributed by atoms with Crippen LogP contribution < -0.4 is 14.2 Å². The summed E-state index contributed by atoms with van der Waals surface area (Å²) in [5.41, 5.74) is 0.992. The summed E-state index contributed by atoms with van der Waals surface area (Å²) in [6.45, 7) is 1.13. The smallest absolute Gasteiger partial charge is 0.203 e. The molecule has 38 heavy (non-hydrogen) atoms. The van der Waals surface area contributed by atoms with Crippen LogP contribution in [0.3, 0.4) is 0 Å². The van der Waals surface area contributed by atoms with Crippen molar-refractivity contribution in [2.24, 2.45) is 0 Å². The summed E-state index contributed by atoms with van der Waals surface area (Å²) in [6.07, 6.45) is -7.37. The van der Waals surface area contributed by atoms with Crippen molar-refractivity contribution in [2.45, 2.75) is 62.7 Å². The average Bonchev–Trinajstić information content (AvgIpc) is 2.91. The summed E-state index contributed by atoms with van der Waals surface area (Å²) in [4.78, 5) is 0. The molecule has 0 aromatic heterocycles. The number of aryl methyl sites for hydroxylation is 1. The van der Waals surface area contributed by atoms with Crippen LogP contribution in [-0.4, -0.2) is 100.0 Å². The number of hydrogen-bond acceptors (Lipinski definition) is 12. The van der Waals surface area contributed by atoms with E-state index in [1.165, 1.54) is 38.5 Å². The number of methoxy groups -OCH3 is 2. The van der Waals surface area contributed by atoms with Crippen LogP contribution in [0.25, 0.3) is 0 Å². The van der Waals surface area contributed by atoms with Crippen LogP contribution in [0, 0.1) is 0 Å². The van der Waals surface area contributed by atoms with E-state index in [2.05, 4.69) is 0 Å². The third-order valence-electron chi connectivity index (χ3n) is 6.36. The Balaban J connectivity index is 1.63. The molecule has 0 amide bonds. The largest absolute Gasteiger partial charge is 0.504 e. The molecule has 1 aliphatic heterocycles. The third kappa shape index (κ3) is 6.77. The van der Waals surface area contributed by atoms with Crippen LogP contribution in [0.1, 0.15) is 30.6 Å². The molecule has 212 valence electrons. The molecule has 1 saturated heterocycles. The lowest BCUT2D eigenvalue weighted by molar-refractivity contribution is -0.293. The zero-order valence-corrected chi connectivity index (χ0v) is 21.4. The molecule has 1 heterocycles. The van der Waals surface area contributed by atoms with Crippen LogP contribution in [-0.2, 0) is 15.9 Å². The third-order valence-corrected chi connectivity index (χ3v) is 6.36. The normalized spacial score (nSPS) is 25.0. The Labute approximate surface area is 220 Å². The van der Waals surface area contributed by atoms with Crippen molar-refractivity contribution < 1.29 is 59.4 Å². The fraction of sp³-hybridized carbons (Fsp3) is 0.538. The number of phenolic OH excluding ortho intramolecular Hbond substituents is 2. The highest BCUT2D eigenvalue weighted by Crippen LogP contribution is 2.40.